The third-order valence-electron chi connectivity index (χ3n) is 4.04. The van der Waals surface area contributed by atoms with Gasteiger partial charge in [-0.15, -0.1) is 0 Å². The minimum absolute atomic E-state index is 1.03. The number of hydrogen-bond donors (Lipinski definition) is 0. The molecular formula is C12H23N. The molecule has 0 aromatic heterocycles. The fourth-order valence-corrected chi connectivity index (χ4v) is 2.81. The van der Waals surface area contributed by atoms with E-state index in [1.807, 2.05) is 0 Å². The standard InChI is InChI=1S/C12H23N/c1-3-10-5-12(6-10)9-13-7-11(4-2)8-13/h10-12H,3-9H2,1-2H3. The zero-order valence-corrected chi connectivity index (χ0v) is 9.13. The molecule has 0 atom stereocenters. The van der Waals surface area contributed by atoms with Gasteiger partial charge < -0.3 is 4.90 Å². The predicted molar refractivity (Wildman–Crippen MR) is 56.7 cm³/mol. The average molecular weight is 181 g/mol. The molecule has 2 rings (SSSR count). The molecule has 0 radical (unpaired) electrons. The lowest BCUT2D eigenvalue weighted by atomic mass is 9.73. The smallest absolute Gasteiger partial charge is 0.00220 e. The first-order valence-corrected chi connectivity index (χ1v) is 6.04. The maximum absolute atomic E-state index is 2.66. The SMILES string of the molecule is CCC1CC(CN2CC(CC)C2)C1. The Morgan fingerprint density at radius 1 is 0.923 bits per heavy atom. The van der Waals surface area contributed by atoms with Crippen LogP contribution in [0.1, 0.15) is 39.5 Å². The Labute approximate surface area is 82.5 Å². The first kappa shape index (κ1) is 9.51. The van der Waals surface area contributed by atoms with E-state index in [1.54, 1.807) is 0 Å². The van der Waals surface area contributed by atoms with E-state index in [0.717, 1.165) is 17.8 Å². The number of hydrogen-bond acceptors (Lipinski definition) is 1. The van der Waals surface area contributed by atoms with Crippen LogP contribution in [0.25, 0.3) is 0 Å². The first-order valence-electron chi connectivity index (χ1n) is 6.04. The van der Waals surface area contributed by atoms with Gasteiger partial charge in [-0.2, -0.15) is 0 Å². The molecule has 0 unspecified atom stereocenters. The quantitative estimate of drug-likeness (QED) is 0.644. The summed E-state index contributed by atoms with van der Waals surface area (Å²) < 4.78 is 0. The van der Waals surface area contributed by atoms with Gasteiger partial charge in [0, 0.05) is 19.6 Å². The number of nitrogens with zero attached hydrogens (tertiary/aromatic N) is 1. The van der Waals surface area contributed by atoms with Crippen molar-refractivity contribution in [1.29, 1.82) is 0 Å². The monoisotopic (exact) mass is 181 g/mol. The summed E-state index contributed by atoms with van der Waals surface area (Å²) >= 11 is 0. The van der Waals surface area contributed by atoms with E-state index in [0.29, 0.717) is 0 Å². The molecule has 2 fully saturated rings. The predicted octanol–water partition coefficient (Wildman–Crippen LogP) is 2.76. The molecule has 0 amide bonds. The lowest BCUT2D eigenvalue weighted by Crippen LogP contribution is -2.49. The van der Waals surface area contributed by atoms with Crippen LogP contribution in [0, 0.1) is 17.8 Å². The van der Waals surface area contributed by atoms with Gasteiger partial charge in [-0.05, 0) is 30.6 Å². The summed E-state index contributed by atoms with van der Waals surface area (Å²) in [5.41, 5.74) is 0. The zero-order valence-electron chi connectivity index (χ0n) is 9.13. The summed E-state index contributed by atoms with van der Waals surface area (Å²) in [6.45, 7) is 8.84. The van der Waals surface area contributed by atoms with E-state index in [-0.39, 0.29) is 0 Å². The average Bonchev–Trinajstić information content (AvgIpc) is 1.99. The first-order chi connectivity index (χ1) is 6.31. The zero-order chi connectivity index (χ0) is 9.26. The molecule has 1 nitrogen and oxygen atoms in total. The molecule has 1 heterocycles. The molecule has 1 saturated carbocycles. The van der Waals surface area contributed by atoms with Crippen LogP contribution < -0.4 is 0 Å². The Kier molecular flexibility index (Phi) is 2.92. The molecule has 1 aliphatic carbocycles. The van der Waals surface area contributed by atoms with Gasteiger partial charge in [0.05, 0.1) is 0 Å². The van der Waals surface area contributed by atoms with Crippen LogP contribution in [0.4, 0.5) is 0 Å². The molecule has 1 heteroatoms. The molecule has 2 aliphatic rings. The van der Waals surface area contributed by atoms with E-state index in [1.165, 1.54) is 45.3 Å². The van der Waals surface area contributed by atoms with Gasteiger partial charge in [0.2, 0.25) is 0 Å². The van der Waals surface area contributed by atoms with Crippen LogP contribution in [-0.2, 0) is 0 Å². The van der Waals surface area contributed by atoms with E-state index in [9.17, 15) is 0 Å². The van der Waals surface area contributed by atoms with Gasteiger partial charge in [0.1, 0.15) is 0 Å². The normalized spacial score (nSPS) is 35.5. The van der Waals surface area contributed by atoms with E-state index < -0.39 is 0 Å². The van der Waals surface area contributed by atoms with Gasteiger partial charge in [-0.1, -0.05) is 26.7 Å². The number of likely N-dealkylation sites (tertiary alicyclic amines) is 1. The largest absolute Gasteiger partial charge is 0.302 e. The Morgan fingerprint density at radius 2 is 1.54 bits per heavy atom. The van der Waals surface area contributed by atoms with Crippen LogP contribution in [0.15, 0.2) is 0 Å². The summed E-state index contributed by atoms with van der Waals surface area (Å²) in [5.74, 6) is 3.16. The van der Waals surface area contributed by atoms with E-state index >= 15 is 0 Å². The highest BCUT2D eigenvalue weighted by Gasteiger charge is 2.32. The molecule has 0 aromatic rings. The van der Waals surface area contributed by atoms with Crippen LogP contribution >= 0.6 is 0 Å². The lowest BCUT2D eigenvalue weighted by Gasteiger charge is -2.45. The molecule has 0 spiro atoms. The molecule has 76 valence electrons. The van der Waals surface area contributed by atoms with Gasteiger partial charge >= 0.3 is 0 Å². The lowest BCUT2D eigenvalue weighted by molar-refractivity contribution is 0.0430. The molecular weight excluding hydrogens is 158 g/mol. The van der Waals surface area contributed by atoms with Crippen LogP contribution in [0.3, 0.4) is 0 Å². The molecule has 0 N–H and O–H groups in total. The van der Waals surface area contributed by atoms with Crippen molar-refractivity contribution in [2.24, 2.45) is 17.8 Å². The van der Waals surface area contributed by atoms with Crippen molar-refractivity contribution in [3.05, 3.63) is 0 Å². The van der Waals surface area contributed by atoms with E-state index in [4.69, 9.17) is 0 Å². The summed E-state index contributed by atoms with van der Waals surface area (Å²) in [4.78, 5) is 2.66. The molecule has 0 bridgehead atoms. The number of rotatable bonds is 4. The Morgan fingerprint density at radius 3 is 2.08 bits per heavy atom. The van der Waals surface area contributed by atoms with Crippen molar-refractivity contribution in [2.75, 3.05) is 19.6 Å². The second-order valence-corrected chi connectivity index (χ2v) is 5.10. The highest BCUT2D eigenvalue weighted by molar-refractivity contribution is 4.85. The Hall–Kier alpha value is -0.0400. The van der Waals surface area contributed by atoms with Crippen LogP contribution in [0.5, 0.6) is 0 Å². The van der Waals surface area contributed by atoms with Crippen molar-refractivity contribution in [3.63, 3.8) is 0 Å². The third kappa shape index (κ3) is 2.07. The minimum Gasteiger partial charge on any atom is -0.302 e. The Balaban J connectivity index is 1.56. The van der Waals surface area contributed by atoms with Crippen LogP contribution in [0.2, 0.25) is 0 Å². The minimum atomic E-state index is 1.03. The second kappa shape index (κ2) is 4.00. The van der Waals surface area contributed by atoms with Crippen molar-refractivity contribution in [2.45, 2.75) is 39.5 Å². The highest BCUT2D eigenvalue weighted by atomic mass is 15.2. The summed E-state index contributed by atoms with van der Waals surface area (Å²) in [6, 6.07) is 0. The summed E-state index contributed by atoms with van der Waals surface area (Å²) in [6.07, 6.45) is 5.83. The second-order valence-electron chi connectivity index (χ2n) is 5.10. The summed E-state index contributed by atoms with van der Waals surface area (Å²) in [5, 5.41) is 0. The van der Waals surface area contributed by atoms with Gasteiger partial charge in [0.25, 0.3) is 0 Å². The van der Waals surface area contributed by atoms with E-state index in [2.05, 4.69) is 18.7 Å². The van der Waals surface area contributed by atoms with Crippen molar-refractivity contribution >= 4 is 0 Å². The van der Waals surface area contributed by atoms with Crippen LogP contribution in [-0.4, -0.2) is 24.5 Å². The molecule has 13 heavy (non-hydrogen) atoms. The van der Waals surface area contributed by atoms with Crippen molar-refractivity contribution in [3.8, 4) is 0 Å². The molecule has 1 saturated heterocycles. The van der Waals surface area contributed by atoms with Crippen molar-refractivity contribution < 1.29 is 0 Å². The van der Waals surface area contributed by atoms with Gasteiger partial charge in [-0.25, -0.2) is 0 Å². The maximum Gasteiger partial charge on any atom is 0.00220 e. The maximum atomic E-state index is 2.66. The fraction of sp³-hybridized carbons (Fsp3) is 1.00. The summed E-state index contributed by atoms with van der Waals surface area (Å²) in [7, 11) is 0. The fourth-order valence-electron chi connectivity index (χ4n) is 2.81. The Bertz CT molecular complexity index is 137. The van der Waals surface area contributed by atoms with Gasteiger partial charge in [-0.3, -0.25) is 0 Å². The molecule has 1 aliphatic heterocycles. The molecule has 0 aromatic carbocycles. The topological polar surface area (TPSA) is 3.24 Å². The van der Waals surface area contributed by atoms with Gasteiger partial charge in [0.15, 0.2) is 0 Å². The highest BCUT2D eigenvalue weighted by Crippen LogP contribution is 2.37. The van der Waals surface area contributed by atoms with Crippen molar-refractivity contribution in [1.82, 2.24) is 4.90 Å². The third-order valence-corrected chi connectivity index (χ3v) is 4.04.